The predicted molar refractivity (Wildman–Crippen MR) is 99.0 cm³/mol. The average Bonchev–Trinajstić information content (AvgIpc) is 3.10. The van der Waals surface area contributed by atoms with Gasteiger partial charge in [0.25, 0.3) is 5.91 Å². The van der Waals surface area contributed by atoms with Crippen LogP contribution in [0.4, 0.5) is 0 Å². The van der Waals surface area contributed by atoms with Crippen LogP contribution in [0.25, 0.3) is 11.1 Å². The molecule has 2 aromatic rings. The fourth-order valence-electron chi connectivity index (χ4n) is 3.04. The molecule has 0 atom stereocenters. The number of carbonyl (C=O) groups is 2. The molecule has 0 unspecified atom stereocenters. The number of methoxy groups -OCH3 is 1. The van der Waals surface area contributed by atoms with Crippen LogP contribution in [0.1, 0.15) is 29.6 Å². The van der Waals surface area contributed by atoms with E-state index in [2.05, 4.69) is 10.3 Å². The number of ether oxygens (including phenoxy) is 1. The minimum absolute atomic E-state index is 0.115. The zero-order valence-electron chi connectivity index (χ0n) is 14.9. The number of hydrogen-bond donors (Lipinski definition) is 1. The number of rotatable bonds is 7. The summed E-state index contributed by atoms with van der Waals surface area (Å²) in [5.41, 5.74) is 2.40. The SMILES string of the molecule is COc1cncc(-c2cccc(C(=O)NCCCN3CCCC3=O)c2)c1. The van der Waals surface area contributed by atoms with Crippen LogP contribution >= 0.6 is 0 Å². The van der Waals surface area contributed by atoms with Crippen LogP contribution < -0.4 is 10.1 Å². The maximum absolute atomic E-state index is 12.4. The Balaban J connectivity index is 1.56. The van der Waals surface area contributed by atoms with E-state index in [1.165, 1.54) is 0 Å². The van der Waals surface area contributed by atoms with Gasteiger partial charge in [0.2, 0.25) is 5.91 Å². The summed E-state index contributed by atoms with van der Waals surface area (Å²) >= 11 is 0. The van der Waals surface area contributed by atoms with Gasteiger partial charge in [-0.05, 0) is 36.6 Å². The van der Waals surface area contributed by atoms with Crippen molar-refractivity contribution in [1.82, 2.24) is 15.2 Å². The lowest BCUT2D eigenvalue weighted by Gasteiger charge is -2.15. The lowest BCUT2D eigenvalue weighted by Crippen LogP contribution is -2.30. The molecule has 1 aliphatic rings. The summed E-state index contributed by atoms with van der Waals surface area (Å²) in [6, 6.07) is 9.31. The predicted octanol–water partition coefficient (Wildman–Crippen LogP) is 2.50. The van der Waals surface area contributed by atoms with Crippen molar-refractivity contribution in [3.63, 3.8) is 0 Å². The molecule has 0 bridgehead atoms. The third-order valence-electron chi connectivity index (χ3n) is 4.47. The second-order valence-corrected chi connectivity index (χ2v) is 6.29. The van der Waals surface area contributed by atoms with Gasteiger partial charge in [-0.15, -0.1) is 0 Å². The van der Waals surface area contributed by atoms with Crippen molar-refractivity contribution in [1.29, 1.82) is 0 Å². The van der Waals surface area contributed by atoms with E-state index in [0.29, 0.717) is 30.8 Å². The Hall–Kier alpha value is -2.89. The first-order chi connectivity index (χ1) is 12.7. The highest BCUT2D eigenvalue weighted by Gasteiger charge is 2.19. The van der Waals surface area contributed by atoms with Crippen LogP contribution in [0.3, 0.4) is 0 Å². The quantitative estimate of drug-likeness (QED) is 0.777. The van der Waals surface area contributed by atoms with Gasteiger partial charge in [0.15, 0.2) is 0 Å². The highest BCUT2D eigenvalue weighted by molar-refractivity contribution is 5.95. The van der Waals surface area contributed by atoms with Crippen LogP contribution in [-0.2, 0) is 4.79 Å². The summed E-state index contributed by atoms with van der Waals surface area (Å²) in [5.74, 6) is 0.778. The molecular weight excluding hydrogens is 330 g/mol. The topological polar surface area (TPSA) is 71.5 Å². The number of likely N-dealkylation sites (tertiary alicyclic amines) is 1. The van der Waals surface area contributed by atoms with Gasteiger partial charge in [-0.1, -0.05) is 12.1 Å². The number of benzene rings is 1. The zero-order valence-corrected chi connectivity index (χ0v) is 14.9. The summed E-state index contributed by atoms with van der Waals surface area (Å²) in [6.45, 7) is 2.09. The minimum Gasteiger partial charge on any atom is -0.495 e. The molecule has 26 heavy (non-hydrogen) atoms. The maximum Gasteiger partial charge on any atom is 0.251 e. The Morgan fingerprint density at radius 1 is 1.27 bits per heavy atom. The smallest absolute Gasteiger partial charge is 0.251 e. The van der Waals surface area contributed by atoms with E-state index in [-0.39, 0.29) is 11.8 Å². The highest BCUT2D eigenvalue weighted by atomic mass is 16.5. The number of aromatic nitrogens is 1. The Labute approximate surface area is 153 Å². The second-order valence-electron chi connectivity index (χ2n) is 6.29. The number of nitrogens with one attached hydrogen (secondary N) is 1. The summed E-state index contributed by atoms with van der Waals surface area (Å²) in [4.78, 5) is 30.0. The van der Waals surface area contributed by atoms with Crippen LogP contribution in [0.15, 0.2) is 42.7 Å². The molecule has 136 valence electrons. The van der Waals surface area contributed by atoms with E-state index in [1.54, 1.807) is 25.6 Å². The monoisotopic (exact) mass is 353 g/mol. The molecule has 6 heteroatoms. The van der Waals surface area contributed by atoms with Gasteiger partial charge in [0, 0.05) is 43.4 Å². The third-order valence-corrected chi connectivity index (χ3v) is 4.47. The van der Waals surface area contributed by atoms with E-state index < -0.39 is 0 Å². The molecule has 1 N–H and O–H groups in total. The molecule has 3 rings (SSSR count). The fraction of sp³-hybridized carbons (Fsp3) is 0.350. The highest BCUT2D eigenvalue weighted by Crippen LogP contribution is 2.23. The van der Waals surface area contributed by atoms with Crippen molar-refractivity contribution in [2.45, 2.75) is 19.3 Å². The third kappa shape index (κ3) is 4.39. The van der Waals surface area contributed by atoms with Gasteiger partial charge in [-0.25, -0.2) is 0 Å². The van der Waals surface area contributed by atoms with E-state index in [9.17, 15) is 9.59 Å². The van der Waals surface area contributed by atoms with E-state index in [0.717, 1.165) is 30.5 Å². The molecule has 1 saturated heterocycles. The number of nitrogens with zero attached hydrogens (tertiary/aromatic N) is 2. The van der Waals surface area contributed by atoms with Crippen molar-refractivity contribution in [2.75, 3.05) is 26.7 Å². The first-order valence-corrected chi connectivity index (χ1v) is 8.83. The number of amides is 2. The largest absolute Gasteiger partial charge is 0.495 e. The van der Waals surface area contributed by atoms with Gasteiger partial charge in [-0.2, -0.15) is 0 Å². The molecule has 1 fully saturated rings. The van der Waals surface area contributed by atoms with Crippen molar-refractivity contribution in [3.8, 4) is 16.9 Å². The average molecular weight is 353 g/mol. The molecule has 0 saturated carbocycles. The fourth-order valence-corrected chi connectivity index (χ4v) is 3.04. The molecule has 6 nitrogen and oxygen atoms in total. The van der Waals surface area contributed by atoms with E-state index >= 15 is 0 Å². The molecule has 1 aliphatic heterocycles. The van der Waals surface area contributed by atoms with Crippen molar-refractivity contribution in [2.24, 2.45) is 0 Å². The molecule has 0 radical (unpaired) electrons. The first kappa shape index (κ1) is 17.9. The number of pyridine rings is 1. The van der Waals surface area contributed by atoms with Gasteiger partial charge in [-0.3, -0.25) is 14.6 Å². The van der Waals surface area contributed by atoms with Crippen LogP contribution in [0.2, 0.25) is 0 Å². The summed E-state index contributed by atoms with van der Waals surface area (Å²) < 4.78 is 5.20. The van der Waals surface area contributed by atoms with Crippen LogP contribution in [0.5, 0.6) is 5.75 Å². The lowest BCUT2D eigenvalue weighted by molar-refractivity contribution is -0.127. The van der Waals surface area contributed by atoms with Crippen molar-refractivity contribution >= 4 is 11.8 Å². The van der Waals surface area contributed by atoms with E-state index in [1.807, 2.05) is 29.2 Å². The Kier molecular flexibility index (Phi) is 5.84. The zero-order chi connectivity index (χ0) is 18.4. The molecule has 2 heterocycles. The summed E-state index contributed by atoms with van der Waals surface area (Å²) in [7, 11) is 1.60. The standard InChI is InChI=1S/C20H23N3O3/c1-26-18-12-17(13-21-14-18)15-5-2-6-16(11-15)20(25)22-8-4-10-23-9-3-7-19(23)24/h2,5-6,11-14H,3-4,7-10H2,1H3,(H,22,25). The second kappa shape index (κ2) is 8.47. The normalized spacial score (nSPS) is 13.7. The molecule has 2 amide bonds. The van der Waals surface area contributed by atoms with Gasteiger partial charge in [0.05, 0.1) is 13.3 Å². The van der Waals surface area contributed by atoms with Crippen LogP contribution in [0, 0.1) is 0 Å². The number of hydrogen-bond acceptors (Lipinski definition) is 4. The van der Waals surface area contributed by atoms with Gasteiger partial charge < -0.3 is 15.0 Å². The molecule has 1 aromatic heterocycles. The molecule has 0 aliphatic carbocycles. The van der Waals surface area contributed by atoms with Crippen molar-refractivity contribution in [3.05, 3.63) is 48.3 Å². The van der Waals surface area contributed by atoms with Crippen molar-refractivity contribution < 1.29 is 14.3 Å². The van der Waals surface area contributed by atoms with Gasteiger partial charge >= 0.3 is 0 Å². The molecular formula is C20H23N3O3. The molecule has 0 spiro atoms. The number of carbonyl (C=O) groups excluding carboxylic acids is 2. The van der Waals surface area contributed by atoms with Gasteiger partial charge in [0.1, 0.15) is 5.75 Å². The Morgan fingerprint density at radius 3 is 2.92 bits per heavy atom. The summed E-state index contributed by atoms with van der Waals surface area (Å²) in [5, 5.41) is 2.92. The lowest BCUT2D eigenvalue weighted by atomic mass is 10.0. The van der Waals surface area contributed by atoms with E-state index in [4.69, 9.17) is 4.74 Å². The Morgan fingerprint density at radius 2 is 2.15 bits per heavy atom. The van der Waals surface area contributed by atoms with Crippen LogP contribution in [-0.4, -0.2) is 48.4 Å². The first-order valence-electron chi connectivity index (χ1n) is 8.83. The maximum atomic E-state index is 12.4. The minimum atomic E-state index is -0.115. The summed E-state index contributed by atoms with van der Waals surface area (Å²) in [6.07, 6.45) is 5.74. The molecule has 1 aromatic carbocycles. The Bertz CT molecular complexity index is 791.